The van der Waals surface area contributed by atoms with Crippen molar-refractivity contribution in [3.63, 3.8) is 0 Å². The second kappa shape index (κ2) is 11.7. The van der Waals surface area contributed by atoms with E-state index in [0.717, 1.165) is 19.3 Å². The largest absolute Gasteiger partial charge is 0.346 e. The molecule has 1 heterocycles. The van der Waals surface area contributed by atoms with Gasteiger partial charge in [0.05, 0.1) is 25.9 Å². The number of hydrogen-bond donors (Lipinski definition) is 1. The van der Waals surface area contributed by atoms with E-state index in [2.05, 4.69) is 53.4 Å². The summed E-state index contributed by atoms with van der Waals surface area (Å²) in [6.45, 7) is 3.22. The molecular formula is C26H34N4O4S. The first-order chi connectivity index (χ1) is 16.6. The number of amides is 2. The molecule has 2 aromatic rings. The molecule has 1 N–H and O–H groups in total. The Balaban J connectivity index is 1.61. The number of carbonyl (C=O) groups is 2. The summed E-state index contributed by atoms with van der Waals surface area (Å²) in [5.74, 6) is 1.52. The number of benzene rings is 2. The average Bonchev–Trinajstić information content (AvgIpc) is 2.84. The molecule has 0 radical (unpaired) electrons. The van der Waals surface area contributed by atoms with Crippen LogP contribution in [0.3, 0.4) is 0 Å². The summed E-state index contributed by atoms with van der Waals surface area (Å²) in [7, 11) is -2.06. The first-order valence-electron chi connectivity index (χ1n) is 11.7. The van der Waals surface area contributed by atoms with Crippen molar-refractivity contribution in [2.24, 2.45) is 0 Å². The highest BCUT2D eigenvalue weighted by atomic mass is 32.2. The molecule has 1 saturated heterocycles. The SMILES string of the molecule is C#CCN(C)C(=O)CNC(=O)CN(C1CCN(C(C)c2cccc3ccccc23)CC1)S(C)(=O)=O. The summed E-state index contributed by atoms with van der Waals surface area (Å²) in [6.07, 6.45) is 7.57. The quantitative estimate of drug-likeness (QED) is 0.533. The highest BCUT2D eigenvalue weighted by Gasteiger charge is 2.33. The van der Waals surface area contributed by atoms with Crippen LogP contribution in [0.4, 0.5) is 0 Å². The zero-order chi connectivity index (χ0) is 25.6. The highest BCUT2D eigenvalue weighted by Crippen LogP contribution is 2.31. The number of fused-ring (bicyclic) bond motifs is 1. The summed E-state index contributed by atoms with van der Waals surface area (Å²) in [6, 6.07) is 14.5. The van der Waals surface area contributed by atoms with Gasteiger partial charge in [0, 0.05) is 32.2 Å². The third kappa shape index (κ3) is 6.82. The molecule has 1 atom stereocenters. The van der Waals surface area contributed by atoms with Gasteiger partial charge in [-0.3, -0.25) is 14.5 Å². The predicted octanol–water partition coefficient (Wildman–Crippen LogP) is 1.83. The third-order valence-corrected chi connectivity index (χ3v) is 7.92. The van der Waals surface area contributed by atoms with E-state index in [-0.39, 0.29) is 37.6 Å². The molecule has 2 amide bonds. The number of terminal acetylenes is 1. The Labute approximate surface area is 208 Å². The lowest BCUT2D eigenvalue weighted by molar-refractivity contribution is -0.131. The van der Waals surface area contributed by atoms with Crippen LogP contribution in [0, 0.1) is 12.3 Å². The lowest BCUT2D eigenvalue weighted by atomic mass is 9.96. The predicted molar refractivity (Wildman–Crippen MR) is 138 cm³/mol. The fraction of sp³-hybridized carbons (Fsp3) is 0.462. The van der Waals surface area contributed by atoms with Gasteiger partial charge < -0.3 is 10.2 Å². The van der Waals surface area contributed by atoms with Crippen molar-refractivity contribution >= 4 is 32.6 Å². The third-order valence-electron chi connectivity index (χ3n) is 6.64. The van der Waals surface area contributed by atoms with Gasteiger partial charge in [-0.05, 0) is 36.1 Å². The monoisotopic (exact) mass is 498 g/mol. The average molecular weight is 499 g/mol. The van der Waals surface area contributed by atoms with Crippen molar-refractivity contribution in [1.82, 2.24) is 19.4 Å². The van der Waals surface area contributed by atoms with Crippen LogP contribution < -0.4 is 5.32 Å². The molecule has 1 unspecified atom stereocenters. The van der Waals surface area contributed by atoms with Crippen molar-refractivity contribution in [2.75, 3.05) is 46.0 Å². The van der Waals surface area contributed by atoms with Crippen LogP contribution in [0.5, 0.6) is 0 Å². The van der Waals surface area contributed by atoms with E-state index in [4.69, 9.17) is 6.42 Å². The lowest BCUT2D eigenvalue weighted by Gasteiger charge is -2.39. The minimum atomic E-state index is -3.61. The van der Waals surface area contributed by atoms with Crippen molar-refractivity contribution in [3.05, 3.63) is 48.0 Å². The summed E-state index contributed by atoms with van der Waals surface area (Å²) >= 11 is 0. The van der Waals surface area contributed by atoms with Crippen LogP contribution in [0.2, 0.25) is 0 Å². The van der Waals surface area contributed by atoms with E-state index < -0.39 is 15.9 Å². The topological polar surface area (TPSA) is 90.0 Å². The van der Waals surface area contributed by atoms with E-state index in [1.54, 1.807) is 7.05 Å². The zero-order valence-electron chi connectivity index (χ0n) is 20.6. The minimum absolute atomic E-state index is 0.139. The van der Waals surface area contributed by atoms with Crippen molar-refractivity contribution in [3.8, 4) is 12.3 Å². The molecule has 35 heavy (non-hydrogen) atoms. The second-order valence-corrected chi connectivity index (χ2v) is 11.0. The van der Waals surface area contributed by atoms with Crippen LogP contribution in [-0.4, -0.2) is 86.4 Å². The molecule has 188 valence electrons. The van der Waals surface area contributed by atoms with Gasteiger partial charge in [0.1, 0.15) is 0 Å². The molecule has 3 rings (SSSR count). The molecule has 0 aromatic heterocycles. The number of nitrogens with zero attached hydrogens (tertiary/aromatic N) is 3. The highest BCUT2D eigenvalue weighted by molar-refractivity contribution is 7.88. The van der Waals surface area contributed by atoms with E-state index in [1.807, 2.05) is 12.1 Å². The summed E-state index contributed by atoms with van der Waals surface area (Å²) < 4.78 is 26.3. The van der Waals surface area contributed by atoms with Gasteiger partial charge >= 0.3 is 0 Å². The van der Waals surface area contributed by atoms with E-state index in [9.17, 15) is 18.0 Å². The van der Waals surface area contributed by atoms with Crippen molar-refractivity contribution in [1.29, 1.82) is 0 Å². The number of likely N-dealkylation sites (N-methyl/N-ethyl adjacent to an activating group) is 1. The summed E-state index contributed by atoms with van der Waals surface area (Å²) in [5, 5.41) is 4.94. The summed E-state index contributed by atoms with van der Waals surface area (Å²) in [4.78, 5) is 28.2. The smallest absolute Gasteiger partial charge is 0.242 e. The molecule has 1 aliphatic rings. The van der Waals surface area contributed by atoms with Crippen LogP contribution in [0.15, 0.2) is 42.5 Å². The second-order valence-electron chi connectivity index (χ2n) is 9.05. The zero-order valence-corrected chi connectivity index (χ0v) is 21.4. The lowest BCUT2D eigenvalue weighted by Crippen LogP contribution is -2.51. The Bertz CT molecular complexity index is 1190. The fourth-order valence-electron chi connectivity index (χ4n) is 4.62. The number of piperidine rings is 1. The van der Waals surface area contributed by atoms with Crippen LogP contribution in [0.25, 0.3) is 10.8 Å². The Hall–Kier alpha value is -2.93. The molecule has 0 spiro atoms. The molecule has 2 aromatic carbocycles. The maximum atomic E-state index is 12.5. The van der Waals surface area contributed by atoms with Gasteiger partial charge in [0.15, 0.2) is 0 Å². The van der Waals surface area contributed by atoms with E-state index in [0.29, 0.717) is 12.8 Å². The maximum absolute atomic E-state index is 12.5. The van der Waals surface area contributed by atoms with Crippen molar-refractivity contribution < 1.29 is 18.0 Å². The molecule has 1 aliphatic heterocycles. The van der Waals surface area contributed by atoms with Gasteiger partial charge in [0.2, 0.25) is 21.8 Å². The Morgan fingerprint density at radius 2 is 1.83 bits per heavy atom. The van der Waals surface area contributed by atoms with Gasteiger partial charge in [-0.2, -0.15) is 4.31 Å². The molecule has 9 heteroatoms. The maximum Gasteiger partial charge on any atom is 0.242 e. The Kier molecular flexibility index (Phi) is 8.89. The standard InChI is InChI=1S/C26H34N4O4S/c1-5-15-28(3)26(32)18-27-25(31)19-30(35(4,33)34)22-13-16-29(17-14-22)20(2)23-12-8-10-21-9-6-7-11-24(21)23/h1,6-12,20,22H,13-19H2,2-4H3,(H,27,31). The van der Waals surface area contributed by atoms with Crippen LogP contribution in [-0.2, 0) is 19.6 Å². The fourth-order valence-corrected chi connectivity index (χ4v) is 5.73. The van der Waals surface area contributed by atoms with Gasteiger partial charge in [-0.1, -0.05) is 48.4 Å². The Morgan fingerprint density at radius 1 is 1.17 bits per heavy atom. The molecule has 0 aliphatic carbocycles. The number of carbonyl (C=O) groups excluding carboxylic acids is 2. The van der Waals surface area contributed by atoms with Gasteiger partial charge in [-0.25, -0.2) is 8.42 Å². The van der Waals surface area contributed by atoms with Crippen LogP contribution >= 0.6 is 0 Å². The number of nitrogens with one attached hydrogen (secondary N) is 1. The Morgan fingerprint density at radius 3 is 2.49 bits per heavy atom. The first kappa shape index (κ1) is 26.7. The van der Waals surface area contributed by atoms with E-state index in [1.165, 1.54) is 25.5 Å². The van der Waals surface area contributed by atoms with Crippen LogP contribution in [0.1, 0.15) is 31.4 Å². The molecule has 1 fully saturated rings. The first-order valence-corrected chi connectivity index (χ1v) is 13.6. The number of rotatable bonds is 9. The minimum Gasteiger partial charge on any atom is -0.346 e. The van der Waals surface area contributed by atoms with Crippen molar-refractivity contribution in [2.45, 2.75) is 31.8 Å². The number of hydrogen-bond acceptors (Lipinski definition) is 5. The normalized spacial score (nSPS) is 16.1. The van der Waals surface area contributed by atoms with E-state index >= 15 is 0 Å². The number of likely N-dealkylation sites (tertiary alicyclic amines) is 1. The molecular weight excluding hydrogens is 464 g/mol. The van der Waals surface area contributed by atoms with Gasteiger partial charge in [0.25, 0.3) is 0 Å². The van der Waals surface area contributed by atoms with Gasteiger partial charge in [-0.15, -0.1) is 6.42 Å². The number of sulfonamides is 1. The molecule has 0 bridgehead atoms. The summed E-state index contributed by atoms with van der Waals surface area (Å²) in [5.41, 5.74) is 1.25. The molecule has 0 saturated carbocycles. The molecule has 8 nitrogen and oxygen atoms in total.